The minimum atomic E-state index is -1.18. The number of carbonyl (C=O) groups excluding carboxylic acids is 4. The number of nitrogens with zero attached hydrogens (tertiary/aromatic N) is 1. The van der Waals surface area contributed by atoms with Crippen molar-refractivity contribution in [3.63, 3.8) is 0 Å². The third-order valence-corrected chi connectivity index (χ3v) is 3.89. The quantitative estimate of drug-likeness (QED) is 0.309. The van der Waals surface area contributed by atoms with E-state index >= 15 is 0 Å². The second kappa shape index (κ2) is 8.47. The van der Waals surface area contributed by atoms with Crippen LogP contribution < -0.4 is 0 Å². The fourth-order valence-corrected chi connectivity index (χ4v) is 2.39. The predicted octanol–water partition coefficient (Wildman–Crippen LogP) is 1.14. The second-order valence-corrected chi connectivity index (χ2v) is 5.84. The Morgan fingerprint density at radius 2 is 1.71 bits per heavy atom. The van der Waals surface area contributed by atoms with Crippen LogP contribution in [-0.2, 0) is 28.6 Å². The average molecular weight is 341 g/mol. The van der Waals surface area contributed by atoms with Crippen molar-refractivity contribution in [2.45, 2.75) is 26.8 Å². The monoisotopic (exact) mass is 341 g/mol. The Balaban J connectivity index is 2.89. The fourth-order valence-electron chi connectivity index (χ4n) is 2.39. The first-order valence-corrected chi connectivity index (χ1v) is 7.58. The number of carbonyl (C=O) groups is 4. The molecule has 0 bridgehead atoms. The molecular weight excluding hydrogens is 318 g/mol. The van der Waals surface area contributed by atoms with Gasteiger partial charge in [0.2, 0.25) is 0 Å². The molecule has 0 aromatic heterocycles. The number of cyclic esters (lactones) is 1. The van der Waals surface area contributed by atoms with E-state index < -0.39 is 35.8 Å². The van der Waals surface area contributed by atoms with Crippen LogP contribution >= 0.6 is 0 Å². The maximum Gasteiger partial charge on any atom is 0.417 e. The Morgan fingerprint density at radius 3 is 2.17 bits per heavy atom. The molecule has 2 amide bonds. The number of hydrogen-bond donors (Lipinski definition) is 0. The van der Waals surface area contributed by atoms with Crippen LogP contribution in [0.1, 0.15) is 20.8 Å². The van der Waals surface area contributed by atoms with Crippen molar-refractivity contribution in [1.82, 2.24) is 4.90 Å². The summed E-state index contributed by atoms with van der Waals surface area (Å²) in [5, 5.41) is 0. The van der Waals surface area contributed by atoms with Gasteiger partial charge in [0, 0.05) is 0 Å². The Bertz CT molecular complexity index is 525. The van der Waals surface area contributed by atoms with E-state index in [2.05, 4.69) is 9.47 Å². The summed E-state index contributed by atoms with van der Waals surface area (Å²) in [6.07, 6.45) is 1.84. The number of imide groups is 1. The van der Waals surface area contributed by atoms with E-state index in [-0.39, 0.29) is 18.6 Å². The summed E-state index contributed by atoms with van der Waals surface area (Å²) < 4.78 is 14.1. The molecule has 1 rings (SSSR count). The lowest BCUT2D eigenvalue weighted by molar-refractivity contribution is -0.160. The van der Waals surface area contributed by atoms with Crippen LogP contribution in [0.4, 0.5) is 4.79 Å². The normalized spacial score (nSPS) is 18.9. The molecule has 2 atom stereocenters. The van der Waals surface area contributed by atoms with Crippen molar-refractivity contribution in [3.8, 4) is 0 Å². The van der Waals surface area contributed by atoms with Crippen molar-refractivity contribution in [1.29, 1.82) is 0 Å². The summed E-state index contributed by atoms with van der Waals surface area (Å²) in [6.45, 7) is 5.48. The van der Waals surface area contributed by atoms with Crippen molar-refractivity contribution >= 4 is 23.9 Å². The number of rotatable bonds is 6. The number of ether oxygens (including phenoxy) is 3. The van der Waals surface area contributed by atoms with Gasteiger partial charge in [-0.05, 0) is 17.9 Å². The minimum absolute atomic E-state index is 0.0455. The molecule has 8 nitrogen and oxygen atoms in total. The second-order valence-electron chi connectivity index (χ2n) is 5.84. The van der Waals surface area contributed by atoms with Gasteiger partial charge in [-0.2, -0.15) is 0 Å². The zero-order valence-electron chi connectivity index (χ0n) is 14.5. The lowest BCUT2D eigenvalue weighted by Gasteiger charge is -2.21. The number of allylic oxidation sites excluding steroid dienone is 1. The van der Waals surface area contributed by atoms with Gasteiger partial charge in [0.05, 0.1) is 20.3 Å². The highest BCUT2D eigenvalue weighted by Crippen LogP contribution is 2.21. The van der Waals surface area contributed by atoms with Gasteiger partial charge >= 0.3 is 18.0 Å². The zero-order valence-corrected chi connectivity index (χ0v) is 14.5. The van der Waals surface area contributed by atoms with Crippen LogP contribution in [-0.4, -0.2) is 55.7 Å². The summed E-state index contributed by atoms with van der Waals surface area (Å²) in [5.74, 6) is -3.86. The molecule has 0 unspecified atom stereocenters. The van der Waals surface area contributed by atoms with Gasteiger partial charge in [-0.25, -0.2) is 9.69 Å². The Kier molecular flexibility index (Phi) is 6.94. The first-order valence-electron chi connectivity index (χ1n) is 7.58. The molecule has 0 aromatic rings. The van der Waals surface area contributed by atoms with Gasteiger partial charge in [-0.1, -0.05) is 26.8 Å². The molecule has 0 spiro atoms. The van der Waals surface area contributed by atoms with Gasteiger partial charge < -0.3 is 14.2 Å². The van der Waals surface area contributed by atoms with Crippen LogP contribution in [0.25, 0.3) is 0 Å². The highest BCUT2D eigenvalue weighted by Gasteiger charge is 2.39. The summed E-state index contributed by atoms with van der Waals surface area (Å²) in [6, 6.07) is -0.345. The number of methoxy groups -OCH3 is 2. The standard InChI is InChI=1S/C16H23NO7/c1-9(2)11-8-24-16(21)17(11)12(18)7-6-10(3)13(14(19)22-4)15(20)23-5/h6-7,9-11,13H,8H2,1-5H3/b7-6+/t10-,11-/m1/s1. The first-order chi connectivity index (χ1) is 11.2. The fraction of sp³-hybridized carbons (Fsp3) is 0.625. The summed E-state index contributed by atoms with van der Waals surface area (Å²) in [4.78, 5) is 48.5. The van der Waals surface area contributed by atoms with Crippen LogP contribution in [0, 0.1) is 17.8 Å². The van der Waals surface area contributed by atoms with Crippen molar-refractivity contribution in [2.24, 2.45) is 17.8 Å². The number of amides is 2. The molecule has 8 heteroatoms. The molecule has 1 saturated heterocycles. The maximum atomic E-state index is 12.3. The summed E-state index contributed by atoms with van der Waals surface area (Å²) in [5.41, 5.74) is 0. The van der Waals surface area contributed by atoms with Gasteiger partial charge in [-0.15, -0.1) is 0 Å². The van der Waals surface area contributed by atoms with Gasteiger partial charge in [0.25, 0.3) is 5.91 Å². The van der Waals surface area contributed by atoms with E-state index in [9.17, 15) is 19.2 Å². The van der Waals surface area contributed by atoms with E-state index in [1.807, 2.05) is 13.8 Å². The lowest BCUT2D eigenvalue weighted by Crippen LogP contribution is -2.41. The molecule has 0 aliphatic carbocycles. The van der Waals surface area contributed by atoms with E-state index in [4.69, 9.17) is 4.74 Å². The molecule has 1 aliphatic heterocycles. The topological polar surface area (TPSA) is 99.2 Å². The summed E-state index contributed by atoms with van der Waals surface area (Å²) in [7, 11) is 2.32. The van der Waals surface area contributed by atoms with Crippen molar-refractivity contribution in [2.75, 3.05) is 20.8 Å². The maximum absolute atomic E-state index is 12.3. The van der Waals surface area contributed by atoms with Crippen LogP contribution in [0.3, 0.4) is 0 Å². The van der Waals surface area contributed by atoms with Crippen LogP contribution in [0.15, 0.2) is 12.2 Å². The van der Waals surface area contributed by atoms with E-state index in [1.165, 1.54) is 6.08 Å². The predicted molar refractivity (Wildman–Crippen MR) is 82.6 cm³/mol. The van der Waals surface area contributed by atoms with Crippen LogP contribution in [0.2, 0.25) is 0 Å². The first kappa shape index (κ1) is 19.7. The Morgan fingerprint density at radius 1 is 1.17 bits per heavy atom. The molecular formula is C16H23NO7. The Hall–Kier alpha value is -2.38. The molecule has 0 saturated carbocycles. The largest absolute Gasteiger partial charge is 0.468 e. The highest BCUT2D eigenvalue weighted by molar-refractivity contribution is 6.00. The molecule has 24 heavy (non-hydrogen) atoms. The van der Waals surface area contributed by atoms with Crippen molar-refractivity contribution < 1.29 is 33.4 Å². The molecule has 0 aromatic carbocycles. The molecule has 0 N–H and O–H groups in total. The molecule has 1 fully saturated rings. The van der Waals surface area contributed by atoms with E-state index in [0.717, 1.165) is 25.2 Å². The smallest absolute Gasteiger partial charge is 0.417 e. The van der Waals surface area contributed by atoms with E-state index in [1.54, 1.807) is 6.92 Å². The van der Waals surface area contributed by atoms with Gasteiger partial charge in [0.15, 0.2) is 5.92 Å². The molecule has 1 heterocycles. The highest BCUT2D eigenvalue weighted by atomic mass is 16.6. The van der Waals surface area contributed by atoms with Crippen molar-refractivity contribution in [3.05, 3.63) is 12.2 Å². The summed E-state index contributed by atoms with van der Waals surface area (Å²) >= 11 is 0. The minimum Gasteiger partial charge on any atom is -0.468 e. The third-order valence-electron chi connectivity index (χ3n) is 3.89. The zero-order chi connectivity index (χ0) is 18.4. The molecule has 134 valence electrons. The third kappa shape index (κ3) is 4.33. The van der Waals surface area contributed by atoms with Crippen LogP contribution in [0.5, 0.6) is 0 Å². The lowest BCUT2D eigenvalue weighted by atomic mass is 9.93. The van der Waals surface area contributed by atoms with Gasteiger partial charge in [-0.3, -0.25) is 14.4 Å². The Labute approximate surface area is 140 Å². The van der Waals surface area contributed by atoms with Gasteiger partial charge in [0.1, 0.15) is 6.61 Å². The average Bonchev–Trinajstić information content (AvgIpc) is 2.94. The number of hydrogen-bond acceptors (Lipinski definition) is 7. The molecule has 0 radical (unpaired) electrons. The SMILES string of the molecule is COC(=O)C(C(=O)OC)[C@H](C)/C=C/C(=O)N1C(=O)OC[C@@H]1C(C)C. The number of esters is 2. The van der Waals surface area contributed by atoms with E-state index in [0.29, 0.717) is 0 Å². The molecule has 1 aliphatic rings.